The number of thioether (sulfide) groups is 1. The molecular weight excluding hydrogens is 240 g/mol. The molecule has 0 aliphatic heterocycles. The van der Waals surface area contributed by atoms with E-state index >= 15 is 0 Å². The van der Waals surface area contributed by atoms with Crippen molar-refractivity contribution < 1.29 is 0 Å². The summed E-state index contributed by atoms with van der Waals surface area (Å²) in [4.78, 5) is 2.50. The van der Waals surface area contributed by atoms with Crippen molar-refractivity contribution in [2.75, 3.05) is 32.1 Å². The summed E-state index contributed by atoms with van der Waals surface area (Å²) in [5, 5.41) is 3.62. The molecule has 0 saturated carbocycles. The molecule has 0 aromatic carbocycles. The van der Waals surface area contributed by atoms with E-state index in [-0.39, 0.29) is 5.54 Å². The molecule has 1 atom stereocenters. The van der Waals surface area contributed by atoms with Crippen LogP contribution in [0, 0.1) is 5.41 Å². The van der Waals surface area contributed by atoms with Gasteiger partial charge in [0.05, 0.1) is 0 Å². The largest absolute Gasteiger partial charge is 0.311 e. The van der Waals surface area contributed by atoms with E-state index in [0.717, 1.165) is 13.1 Å². The molecule has 0 amide bonds. The molecule has 0 aliphatic carbocycles. The van der Waals surface area contributed by atoms with Crippen LogP contribution in [0.1, 0.15) is 48.0 Å². The summed E-state index contributed by atoms with van der Waals surface area (Å²) in [5.41, 5.74) is 0.524. The molecule has 110 valence electrons. The van der Waals surface area contributed by atoms with Crippen LogP contribution in [0.4, 0.5) is 0 Å². The Morgan fingerprint density at radius 2 is 1.72 bits per heavy atom. The topological polar surface area (TPSA) is 15.3 Å². The van der Waals surface area contributed by atoms with Gasteiger partial charge in [0.2, 0.25) is 0 Å². The van der Waals surface area contributed by atoms with E-state index in [1.807, 2.05) is 11.8 Å². The van der Waals surface area contributed by atoms with Gasteiger partial charge in [0.15, 0.2) is 0 Å². The molecule has 0 saturated heterocycles. The fourth-order valence-electron chi connectivity index (χ4n) is 1.90. The Bertz CT molecular complexity index is 221. The van der Waals surface area contributed by atoms with E-state index in [4.69, 9.17) is 0 Å². The van der Waals surface area contributed by atoms with Gasteiger partial charge in [-0.25, -0.2) is 0 Å². The third-order valence-electron chi connectivity index (χ3n) is 3.27. The zero-order valence-electron chi connectivity index (χ0n) is 13.8. The van der Waals surface area contributed by atoms with Crippen LogP contribution in [0.25, 0.3) is 0 Å². The van der Waals surface area contributed by atoms with Crippen molar-refractivity contribution in [1.29, 1.82) is 0 Å². The third-order valence-corrected chi connectivity index (χ3v) is 3.91. The molecule has 0 aromatic rings. The molecule has 0 heterocycles. The van der Waals surface area contributed by atoms with Gasteiger partial charge in [-0.3, -0.25) is 0 Å². The van der Waals surface area contributed by atoms with E-state index in [1.165, 1.54) is 12.2 Å². The van der Waals surface area contributed by atoms with Crippen LogP contribution in [-0.4, -0.2) is 48.6 Å². The van der Waals surface area contributed by atoms with Gasteiger partial charge >= 0.3 is 0 Å². The normalized spacial score (nSPS) is 15.2. The van der Waals surface area contributed by atoms with Crippen molar-refractivity contribution in [2.45, 2.75) is 59.5 Å². The Morgan fingerprint density at radius 3 is 2.17 bits per heavy atom. The first kappa shape index (κ1) is 18.3. The Hall–Kier alpha value is 0.270. The highest BCUT2D eigenvalue weighted by Crippen LogP contribution is 2.19. The molecule has 1 N–H and O–H groups in total. The van der Waals surface area contributed by atoms with Crippen molar-refractivity contribution >= 4 is 11.8 Å². The summed E-state index contributed by atoms with van der Waals surface area (Å²) < 4.78 is 0. The highest BCUT2D eigenvalue weighted by Gasteiger charge is 2.24. The SMILES string of the molecule is CSCCC(C)N(C)CC(C)(C)CNC(C)(C)C. The molecule has 0 spiro atoms. The van der Waals surface area contributed by atoms with E-state index in [0.29, 0.717) is 11.5 Å². The summed E-state index contributed by atoms with van der Waals surface area (Å²) in [6, 6.07) is 0.673. The van der Waals surface area contributed by atoms with E-state index in [2.05, 4.69) is 65.1 Å². The minimum Gasteiger partial charge on any atom is -0.311 e. The number of rotatable bonds is 8. The van der Waals surface area contributed by atoms with E-state index in [9.17, 15) is 0 Å². The molecule has 3 heteroatoms. The summed E-state index contributed by atoms with van der Waals surface area (Å²) in [6.07, 6.45) is 3.46. The summed E-state index contributed by atoms with van der Waals surface area (Å²) in [6.45, 7) is 15.9. The average molecular weight is 275 g/mol. The zero-order valence-corrected chi connectivity index (χ0v) is 14.6. The van der Waals surface area contributed by atoms with E-state index < -0.39 is 0 Å². The van der Waals surface area contributed by atoms with Gasteiger partial charge in [0.25, 0.3) is 0 Å². The van der Waals surface area contributed by atoms with Gasteiger partial charge in [-0.1, -0.05) is 13.8 Å². The van der Waals surface area contributed by atoms with Gasteiger partial charge in [-0.05, 0) is 58.6 Å². The molecule has 0 radical (unpaired) electrons. The number of hydrogen-bond donors (Lipinski definition) is 1. The van der Waals surface area contributed by atoms with Crippen molar-refractivity contribution in [3.05, 3.63) is 0 Å². The Kier molecular flexibility index (Phi) is 7.88. The first-order valence-electron chi connectivity index (χ1n) is 7.01. The second-order valence-corrected chi connectivity index (χ2v) is 8.30. The Morgan fingerprint density at radius 1 is 1.17 bits per heavy atom. The van der Waals surface area contributed by atoms with Crippen molar-refractivity contribution in [3.63, 3.8) is 0 Å². The number of nitrogens with one attached hydrogen (secondary N) is 1. The lowest BCUT2D eigenvalue weighted by Gasteiger charge is -2.36. The third kappa shape index (κ3) is 9.23. The smallest absolute Gasteiger partial charge is 0.00967 e. The molecule has 0 rings (SSSR count). The first-order valence-corrected chi connectivity index (χ1v) is 8.41. The van der Waals surface area contributed by atoms with Crippen LogP contribution in [-0.2, 0) is 0 Å². The molecule has 0 fully saturated rings. The van der Waals surface area contributed by atoms with Gasteiger partial charge < -0.3 is 10.2 Å². The Labute approximate surface area is 119 Å². The average Bonchev–Trinajstić information content (AvgIpc) is 2.21. The number of hydrogen-bond acceptors (Lipinski definition) is 3. The maximum atomic E-state index is 3.62. The predicted octanol–water partition coefficient (Wildman–Crippen LogP) is 3.47. The lowest BCUT2D eigenvalue weighted by Crippen LogP contribution is -2.47. The minimum atomic E-state index is 0.209. The zero-order chi connectivity index (χ0) is 14.4. The standard InChI is InChI=1S/C15H34N2S/c1-13(9-10-18-8)17(7)12-15(5,6)11-16-14(2,3)4/h13,16H,9-12H2,1-8H3. The van der Waals surface area contributed by atoms with Crippen LogP contribution in [0.3, 0.4) is 0 Å². The van der Waals surface area contributed by atoms with Crippen LogP contribution in [0.15, 0.2) is 0 Å². The lowest BCUT2D eigenvalue weighted by atomic mass is 9.91. The van der Waals surface area contributed by atoms with Crippen molar-refractivity contribution in [1.82, 2.24) is 10.2 Å². The van der Waals surface area contributed by atoms with Gasteiger partial charge in [0.1, 0.15) is 0 Å². The fourth-order valence-corrected chi connectivity index (χ4v) is 2.48. The molecule has 18 heavy (non-hydrogen) atoms. The summed E-state index contributed by atoms with van der Waals surface area (Å²) >= 11 is 1.94. The molecule has 0 aliphatic rings. The molecule has 1 unspecified atom stereocenters. The van der Waals surface area contributed by atoms with E-state index in [1.54, 1.807) is 0 Å². The van der Waals surface area contributed by atoms with Gasteiger partial charge in [-0.15, -0.1) is 0 Å². The maximum Gasteiger partial charge on any atom is 0.00967 e. The molecule has 2 nitrogen and oxygen atoms in total. The Balaban J connectivity index is 4.13. The maximum absolute atomic E-state index is 3.62. The van der Waals surface area contributed by atoms with Crippen LogP contribution >= 0.6 is 11.8 Å². The molecular formula is C15H34N2S. The highest BCUT2D eigenvalue weighted by molar-refractivity contribution is 7.98. The fraction of sp³-hybridized carbons (Fsp3) is 1.00. The van der Waals surface area contributed by atoms with Crippen molar-refractivity contribution in [3.8, 4) is 0 Å². The first-order chi connectivity index (χ1) is 8.07. The second-order valence-electron chi connectivity index (χ2n) is 7.31. The minimum absolute atomic E-state index is 0.209. The number of nitrogens with zero attached hydrogens (tertiary/aromatic N) is 1. The second kappa shape index (κ2) is 7.76. The predicted molar refractivity (Wildman–Crippen MR) is 86.6 cm³/mol. The quantitative estimate of drug-likeness (QED) is 0.729. The van der Waals surface area contributed by atoms with Gasteiger partial charge in [-0.2, -0.15) is 11.8 Å². The monoisotopic (exact) mass is 274 g/mol. The molecule has 0 bridgehead atoms. The van der Waals surface area contributed by atoms with Crippen molar-refractivity contribution in [2.24, 2.45) is 5.41 Å². The summed E-state index contributed by atoms with van der Waals surface area (Å²) in [5.74, 6) is 1.26. The van der Waals surface area contributed by atoms with Crippen LogP contribution < -0.4 is 5.32 Å². The lowest BCUT2D eigenvalue weighted by molar-refractivity contribution is 0.155. The highest BCUT2D eigenvalue weighted by atomic mass is 32.2. The molecule has 0 aromatic heterocycles. The van der Waals surface area contributed by atoms with Crippen LogP contribution in [0.2, 0.25) is 0 Å². The van der Waals surface area contributed by atoms with Gasteiger partial charge in [0, 0.05) is 24.7 Å². The van der Waals surface area contributed by atoms with Crippen LogP contribution in [0.5, 0.6) is 0 Å². The summed E-state index contributed by atoms with van der Waals surface area (Å²) in [7, 11) is 2.25.